The van der Waals surface area contributed by atoms with Crippen molar-refractivity contribution >= 4 is 12.4 Å². The lowest BCUT2D eigenvalue weighted by atomic mass is 10.0. The third-order valence-corrected chi connectivity index (χ3v) is 3.80. The van der Waals surface area contributed by atoms with Gasteiger partial charge in [-0.3, -0.25) is 4.90 Å². The summed E-state index contributed by atoms with van der Waals surface area (Å²) in [6.07, 6.45) is 2.51. The smallest absolute Gasteiger partial charge is 0.123 e. The topological polar surface area (TPSA) is 33.7 Å². The normalized spacial score (nSPS) is 19.2. The van der Waals surface area contributed by atoms with Gasteiger partial charge in [0.05, 0.1) is 14.2 Å². The quantitative estimate of drug-likeness (QED) is 0.905. The summed E-state index contributed by atoms with van der Waals surface area (Å²) in [4.78, 5) is 2.47. The van der Waals surface area contributed by atoms with Gasteiger partial charge in [0.1, 0.15) is 11.5 Å². The van der Waals surface area contributed by atoms with Crippen LogP contribution in [-0.4, -0.2) is 45.3 Å². The second-order valence-electron chi connectivity index (χ2n) is 5.04. The lowest BCUT2D eigenvalue weighted by Crippen LogP contribution is -2.43. The number of piperidine rings is 1. The summed E-state index contributed by atoms with van der Waals surface area (Å²) in [5.74, 6) is 1.82. The molecule has 1 unspecified atom stereocenters. The van der Waals surface area contributed by atoms with Gasteiger partial charge in [-0.2, -0.15) is 0 Å². The van der Waals surface area contributed by atoms with Gasteiger partial charge >= 0.3 is 0 Å². The molecular weight excluding hydrogens is 276 g/mol. The summed E-state index contributed by atoms with van der Waals surface area (Å²) < 4.78 is 10.7. The maximum absolute atomic E-state index is 5.44. The molecule has 4 nitrogen and oxygen atoms in total. The van der Waals surface area contributed by atoms with Gasteiger partial charge in [-0.15, -0.1) is 12.4 Å². The van der Waals surface area contributed by atoms with Crippen LogP contribution in [0.5, 0.6) is 11.5 Å². The maximum atomic E-state index is 5.44. The van der Waals surface area contributed by atoms with Crippen LogP contribution in [0.3, 0.4) is 0 Å². The molecule has 0 aliphatic carbocycles. The Balaban J connectivity index is 0.00000200. The number of nitrogens with one attached hydrogen (secondary N) is 1. The lowest BCUT2D eigenvalue weighted by Gasteiger charge is -2.32. The highest BCUT2D eigenvalue weighted by Gasteiger charge is 2.19. The van der Waals surface area contributed by atoms with Crippen molar-refractivity contribution in [2.45, 2.75) is 25.4 Å². The molecule has 0 aromatic heterocycles. The number of nitrogens with zero attached hydrogens (tertiary/aromatic N) is 1. The molecule has 0 amide bonds. The van der Waals surface area contributed by atoms with E-state index in [1.54, 1.807) is 14.2 Å². The fraction of sp³-hybridized carbons (Fsp3) is 0.600. The summed E-state index contributed by atoms with van der Waals surface area (Å²) in [6.45, 7) is 3.16. The van der Waals surface area contributed by atoms with Gasteiger partial charge < -0.3 is 14.8 Å². The first-order valence-corrected chi connectivity index (χ1v) is 6.87. The van der Waals surface area contributed by atoms with E-state index >= 15 is 0 Å². The molecule has 0 bridgehead atoms. The highest BCUT2D eigenvalue weighted by Crippen LogP contribution is 2.26. The molecule has 1 aliphatic rings. The van der Waals surface area contributed by atoms with Crippen LogP contribution in [0.2, 0.25) is 0 Å². The standard InChI is InChI=1S/C15H24N2O2.ClH/c1-16-13-5-4-8-17(11-13)10-12-9-14(18-2)6-7-15(12)19-3;/h6-7,9,13,16H,4-5,8,10-11H2,1-3H3;1H. The first-order chi connectivity index (χ1) is 9.26. The number of benzene rings is 1. The molecule has 1 saturated heterocycles. The van der Waals surface area contributed by atoms with Gasteiger partial charge in [-0.05, 0) is 44.6 Å². The molecule has 1 aromatic rings. The van der Waals surface area contributed by atoms with E-state index in [0.29, 0.717) is 6.04 Å². The van der Waals surface area contributed by atoms with Gasteiger partial charge in [0.15, 0.2) is 0 Å². The number of rotatable bonds is 5. The molecule has 1 fully saturated rings. The van der Waals surface area contributed by atoms with Crippen molar-refractivity contribution in [1.29, 1.82) is 0 Å². The molecule has 0 radical (unpaired) electrons. The number of halogens is 1. The van der Waals surface area contributed by atoms with E-state index in [9.17, 15) is 0 Å². The number of hydrogen-bond acceptors (Lipinski definition) is 4. The molecule has 1 N–H and O–H groups in total. The van der Waals surface area contributed by atoms with Crippen LogP contribution in [0.1, 0.15) is 18.4 Å². The minimum absolute atomic E-state index is 0. The Morgan fingerprint density at radius 3 is 2.75 bits per heavy atom. The molecule has 2 rings (SSSR count). The largest absolute Gasteiger partial charge is 0.497 e. The molecule has 1 aliphatic heterocycles. The Hall–Kier alpha value is -0.970. The van der Waals surface area contributed by atoms with Crippen molar-refractivity contribution in [3.8, 4) is 11.5 Å². The minimum Gasteiger partial charge on any atom is -0.497 e. The molecule has 20 heavy (non-hydrogen) atoms. The SMILES string of the molecule is CNC1CCCN(Cc2cc(OC)ccc2OC)C1.Cl. The molecule has 1 atom stereocenters. The first kappa shape index (κ1) is 17.1. The second-order valence-corrected chi connectivity index (χ2v) is 5.04. The van der Waals surface area contributed by atoms with Crippen LogP contribution in [0, 0.1) is 0 Å². The summed E-state index contributed by atoms with van der Waals surface area (Å²) >= 11 is 0. The van der Waals surface area contributed by atoms with Crippen LogP contribution < -0.4 is 14.8 Å². The Kier molecular flexibility index (Phi) is 7.13. The van der Waals surface area contributed by atoms with E-state index < -0.39 is 0 Å². The van der Waals surface area contributed by atoms with Crippen molar-refractivity contribution in [2.24, 2.45) is 0 Å². The predicted molar refractivity (Wildman–Crippen MR) is 84.2 cm³/mol. The van der Waals surface area contributed by atoms with Crippen molar-refractivity contribution in [3.05, 3.63) is 23.8 Å². The first-order valence-electron chi connectivity index (χ1n) is 6.87. The lowest BCUT2D eigenvalue weighted by molar-refractivity contribution is 0.186. The van der Waals surface area contributed by atoms with Gasteiger partial charge in [0.2, 0.25) is 0 Å². The summed E-state index contributed by atoms with van der Waals surface area (Å²) in [5.41, 5.74) is 1.19. The zero-order chi connectivity index (χ0) is 13.7. The van der Waals surface area contributed by atoms with Crippen LogP contribution in [0.25, 0.3) is 0 Å². The van der Waals surface area contributed by atoms with Crippen molar-refractivity contribution in [3.63, 3.8) is 0 Å². The monoisotopic (exact) mass is 300 g/mol. The Morgan fingerprint density at radius 2 is 2.10 bits per heavy atom. The van der Waals surface area contributed by atoms with Crippen molar-refractivity contribution < 1.29 is 9.47 Å². The average molecular weight is 301 g/mol. The molecular formula is C15H25ClN2O2. The third kappa shape index (κ3) is 4.27. The van der Waals surface area contributed by atoms with Crippen LogP contribution in [-0.2, 0) is 6.54 Å². The molecule has 114 valence electrons. The molecule has 0 spiro atoms. The van der Waals surface area contributed by atoms with E-state index in [0.717, 1.165) is 31.1 Å². The van der Waals surface area contributed by atoms with Crippen molar-refractivity contribution in [2.75, 3.05) is 34.4 Å². The van der Waals surface area contributed by atoms with Gasteiger partial charge in [-0.1, -0.05) is 0 Å². The summed E-state index contributed by atoms with van der Waals surface area (Å²) in [7, 11) is 5.46. The Morgan fingerprint density at radius 1 is 1.30 bits per heavy atom. The van der Waals surface area contributed by atoms with Gasteiger partial charge in [0.25, 0.3) is 0 Å². The van der Waals surface area contributed by atoms with E-state index in [-0.39, 0.29) is 12.4 Å². The average Bonchev–Trinajstić information content (AvgIpc) is 2.47. The number of hydrogen-bond donors (Lipinski definition) is 1. The van der Waals surface area contributed by atoms with E-state index in [4.69, 9.17) is 9.47 Å². The fourth-order valence-electron chi connectivity index (χ4n) is 2.68. The Bertz CT molecular complexity index is 415. The fourth-order valence-corrected chi connectivity index (χ4v) is 2.68. The Labute approximate surface area is 127 Å². The number of ether oxygens (including phenoxy) is 2. The van der Waals surface area contributed by atoms with Crippen LogP contribution in [0.4, 0.5) is 0 Å². The molecule has 5 heteroatoms. The number of likely N-dealkylation sites (tertiary alicyclic amines) is 1. The molecule has 1 aromatic carbocycles. The highest BCUT2D eigenvalue weighted by molar-refractivity contribution is 5.85. The second kappa shape index (κ2) is 8.35. The summed E-state index contributed by atoms with van der Waals surface area (Å²) in [5, 5.41) is 3.37. The van der Waals surface area contributed by atoms with E-state index in [1.807, 2.05) is 19.2 Å². The molecule has 1 heterocycles. The minimum atomic E-state index is 0. The van der Waals surface area contributed by atoms with Crippen LogP contribution >= 0.6 is 12.4 Å². The van der Waals surface area contributed by atoms with E-state index in [2.05, 4.69) is 16.3 Å². The zero-order valence-corrected chi connectivity index (χ0v) is 13.3. The van der Waals surface area contributed by atoms with Gasteiger partial charge in [0, 0.05) is 24.7 Å². The highest BCUT2D eigenvalue weighted by atomic mass is 35.5. The van der Waals surface area contributed by atoms with Crippen LogP contribution in [0.15, 0.2) is 18.2 Å². The van der Waals surface area contributed by atoms with Crippen molar-refractivity contribution in [1.82, 2.24) is 10.2 Å². The number of methoxy groups -OCH3 is 2. The van der Waals surface area contributed by atoms with Gasteiger partial charge in [-0.25, -0.2) is 0 Å². The zero-order valence-electron chi connectivity index (χ0n) is 12.5. The number of likely N-dealkylation sites (N-methyl/N-ethyl adjacent to an activating group) is 1. The maximum Gasteiger partial charge on any atom is 0.123 e. The third-order valence-electron chi connectivity index (χ3n) is 3.80. The molecule has 0 saturated carbocycles. The summed E-state index contributed by atoms with van der Waals surface area (Å²) in [6, 6.07) is 6.59. The predicted octanol–water partition coefficient (Wildman–Crippen LogP) is 2.31. The van der Waals surface area contributed by atoms with E-state index in [1.165, 1.54) is 18.4 Å².